The van der Waals surface area contributed by atoms with Gasteiger partial charge in [-0.05, 0) is 27.2 Å². The lowest BCUT2D eigenvalue weighted by atomic mass is 9.85. The summed E-state index contributed by atoms with van der Waals surface area (Å²) in [5.41, 5.74) is 0. The fourth-order valence-corrected chi connectivity index (χ4v) is 2.31. The van der Waals surface area contributed by atoms with Crippen LogP contribution in [0, 0.1) is 11.8 Å². The third kappa shape index (κ3) is 7.25. The zero-order valence-corrected chi connectivity index (χ0v) is 13.6. The van der Waals surface area contributed by atoms with Gasteiger partial charge in [-0.15, -0.1) is 0 Å². The Bertz CT molecular complexity index is 338. The van der Waals surface area contributed by atoms with Crippen LogP contribution >= 0.6 is 0 Å². The van der Waals surface area contributed by atoms with Crippen LogP contribution in [-0.2, 0) is 23.9 Å². The number of hydrogen-bond acceptors (Lipinski definition) is 5. The molecule has 122 valence electrons. The molecule has 2 atom stereocenters. The van der Waals surface area contributed by atoms with Gasteiger partial charge in [0.15, 0.2) is 0 Å². The summed E-state index contributed by atoms with van der Waals surface area (Å²) >= 11 is 0. The van der Waals surface area contributed by atoms with E-state index in [0.29, 0.717) is 6.42 Å². The Balaban J connectivity index is 4.96. The monoisotopic (exact) mass is 300 g/mol. The van der Waals surface area contributed by atoms with E-state index in [1.807, 2.05) is 0 Å². The minimum atomic E-state index is -1.05. The van der Waals surface area contributed by atoms with Crippen molar-refractivity contribution in [2.75, 3.05) is 13.2 Å². The molecule has 0 spiro atoms. The highest BCUT2D eigenvalue weighted by Crippen LogP contribution is 2.24. The van der Waals surface area contributed by atoms with Gasteiger partial charge in [-0.3, -0.25) is 14.4 Å². The molecule has 0 aromatic carbocycles. The number of rotatable bonds is 11. The summed E-state index contributed by atoms with van der Waals surface area (Å²) in [7, 11) is 0. The van der Waals surface area contributed by atoms with Crippen molar-refractivity contribution in [1.82, 2.24) is 0 Å². The highest BCUT2D eigenvalue weighted by Gasteiger charge is 2.38. The standard InChI is InChI=1S/C16H28O5/c1-5-8-9-10-11-13(15(18)20-6-2)14(12(4)17)16(19)21-7-3/h13-14H,5-11H2,1-4H3. The lowest BCUT2D eigenvalue weighted by molar-refractivity contribution is -0.163. The summed E-state index contributed by atoms with van der Waals surface area (Å²) in [5, 5.41) is 0. The van der Waals surface area contributed by atoms with Crippen molar-refractivity contribution in [3.05, 3.63) is 0 Å². The van der Waals surface area contributed by atoms with Gasteiger partial charge in [0.05, 0.1) is 19.1 Å². The zero-order valence-electron chi connectivity index (χ0n) is 13.6. The molecule has 2 unspecified atom stereocenters. The van der Waals surface area contributed by atoms with Crippen molar-refractivity contribution in [2.24, 2.45) is 11.8 Å². The fourth-order valence-electron chi connectivity index (χ4n) is 2.31. The molecule has 0 aliphatic carbocycles. The predicted octanol–water partition coefficient (Wildman–Crippen LogP) is 2.90. The van der Waals surface area contributed by atoms with Gasteiger partial charge in [0.1, 0.15) is 11.7 Å². The van der Waals surface area contributed by atoms with Gasteiger partial charge in [-0.1, -0.05) is 32.6 Å². The molecule has 5 nitrogen and oxygen atoms in total. The first kappa shape index (κ1) is 19.6. The summed E-state index contributed by atoms with van der Waals surface area (Å²) in [6.07, 6.45) is 4.39. The summed E-state index contributed by atoms with van der Waals surface area (Å²) in [6, 6.07) is 0. The van der Waals surface area contributed by atoms with Crippen molar-refractivity contribution in [2.45, 2.75) is 59.8 Å². The molecule has 0 N–H and O–H groups in total. The summed E-state index contributed by atoms with van der Waals surface area (Å²) in [4.78, 5) is 35.8. The van der Waals surface area contributed by atoms with E-state index in [9.17, 15) is 14.4 Å². The Kier molecular flexibility index (Phi) is 10.5. The molecule has 0 rings (SSSR count). The van der Waals surface area contributed by atoms with E-state index in [1.165, 1.54) is 6.92 Å². The van der Waals surface area contributed by atoms with Gasteiger partial charge < -0.3 is 9.47 Å². The van der Waals surface area contributed by atoms with Crippen molar-refractivity contribution in [1.29, 1.82) is 0 Å². The van der Waals surface area contributed by atoms with E-state index in [0.717, 1.165) is 25.7 Å². The van der Waals surface area contributed by atoms with E-state index in [1.54, 1.807) is 13.8 Å². The number of ether oxygens (including phenoxy) is 2. The van der Waals surface area contributed by atoms with Crippen LogP contribution in [0.25, 0.3) is 0 Å². The summed E-state index contributed by atoms with van der Waals surface area (Å²) in [6.45, 7) is 7.22. The predicted molar refractivity (Wildman–Crippen MR) is 79.7 cm³/mol. The van der Waals surface area contributed by atoms with Gasteiger partial charge in [0.2, 0.25) is 0 Å². The average Bonchev–Trinajstić information content (AvgIpc) is 2.42. The van der Waals surface area contributed by atoms with Crippen molar-refractivity contribution in [3.8, 4) is 0 Å². The molecule has 5 heteroatoms. The first-order valence-corrected chi connectivity index (χ1v) is 7.83. The van der Waals surface area contributed by atoms with Gasteiger partial charge in [0, 0.05) is 0 Å². The molecule has 0 saturated heterocycles. The minimum Gasteiger partial charge on any atom is -0.466 e. The Morgan fingerprint density at radius 3 is 1.90 bits per heavy atom. The number of esters is 2. The van der Waals surface area contributed by atoms with E-state index in [2.05, 4.69) is 6.92 Å². The third-order valence-electron chi connectivity index (χ3n) is 3.34. The molecular weight excluding hydrogens is 272 g/mol. The van der Waals surface area contributed by atoms with Gasteiger partial charge in [0.25, 0.3) is 0 Å². The maximum absolute atomic E-state index is 12.1. The maximum Gasteiger partial charge on any atom is 0.317 e. The molecule has 0 saturated carbocycles. The number of carbonyl (C=O) groups excluding carboxylic acids is 3. The summed E-state index contributed by atoms with van der Waals surface area (Å²) in [5.74, 6) is -3.24. The lowest BCUT2D eigenvalue weighted by Gasteiger charge is -2.22. The van der Waals surface area contributed by atoms with Crippen molar-refractivity contribution < 1.29 is 23.9 Å². The number of ketones is 1. The van der Waals surface area contributed by atoms with E-state index in [-0.39, 0.29) is 19.0 Å². The maximum atomic E-state index is 12.1. The number of Topliss-reactive ketones (excluding diaryl/α,β-unsaturated/α-hetero) is 1. The Morgan fingerprint density at radius 1 is 0.857 bits per heavy atom. The molecule has 0 amide bonds. The van der Waals surface area contributed by atoms with Crippen LogP contribution in [-0.4, -0.2) is 30.9 Å². The van der Waals surface area contributed by atoms with Crippen LogP contribution in [0.2, 0.25) is 0 Å². The number of carbonyl (C=O) groups is 3. The molecule has 0 radical (unpaired) electrons. The van der Waals surface area contributed by atoms with Crippen LogP contribution in [0.4, 0.5) is 0 Å². The van der Waals surface area contributed by atoms with Crippen LogP contribution in [0.5, 0.6) is 0 Å². The quantitative estimate of drug-likeness (QED) is 0.333. The SMILES string of the molecule is CCCCCCC(C(=O)OCC)C(C(C)=O)C(=O)OCC. The highest BCUT2D eigenvalue weighted by molar-refractivity contribution is 6.01. The summed E-state index contributed by atoms with van der Waals surface area (Å²) < 4.78 is 9.96. The number of hydrogen-bond donors (Lipinski definition) is 0. The van der Waals surface area contributed by atoms with E-state index < -0.39 is 23.8 Å². The van der Waals surface area contributed by atoms with Crippen molar-refractivity contribution in [3.63, 3.8) is 0 Å². The molecule has 21 heavy (non-hydrogen) atoms. The van der Waals surface area contributed by atoms with E-state index in [4.69, 9.17) is 9.47 Å². The highest BCUT2D eigenvalue weighted by atomic mass is 16.5. The molecule has 0 aromatic rings. The molecule has 0 aromatic heterocycles. The first-order chi connectivity index (χ1) is 9.99. The fraction of sp³-hybridized carbons (Fsp3) is 0.812. The second-order valence-corrected chi connectivity index (χ2v) is 5.05. The van der Waals surface area contributed by atoms with Crippen LogP contribution < -0.4 is 0 Å². The van der Waals surface area contributed by atoms with Crippen LogP contribution in [0.1, 0.15) is 59.8 Å². The Morgan fingerprint density at radius 2 is 1.43 bits per heavy atom. The third-order valence-corrected chi connectivity index (χ3v) is 3.34. The second-order valence-electron chi connectivity index (χ2n) is 5.05. The molecule has 0 fully saturated rings. The molecule has 0 aliphatic rings. The Labute approximate surface area is 127 Å². The molecule has 0 aliphatic heterocycles. The number of unbranched alkanes of at least 4 members (excludes halogenated alkanes) is 3. The normalized spacial score (nSPS) is 13.3. The molecule has 0 heterocycles. The molecular formula is C16H28O5. The molecule has 0 bridgehead atoms. The van der Waals surface area contributed by atoms with E-state index >= 15 is 0 Å². The van der Waals surface area contributed by atoms with Gasteiger partial charge in [-0.2, -0.15) is 0 Å². The largest absolute Gasteiger partial charge is 0.466 e. The van der Waals surface area contributed by atoms with Crippen LogP contribution in [0.3, 0.4) is 0 Å². The zero-order chi connectivity index (χ0) is 16.3. The second kappa shape index (κ2) is 11.3. The Hall–Kier alpha value is -1.39. The topological polar surface area (TPSA) is 69.7 Å². The average molecular weight is 300 g/mol. The smallest absolute Gasteiger partial charge is 0.317 e. The first-order valence-electron chi connectivity index (χ1n) is 7.83. The van der Waals surface area contributed by atoms with Crippen LogP contribution in [0.15, 0.2) is 0 Å². The van der Waals surface area contributed by atoms with Gasteiger partial charge >= 0.3 is 11.9 Å². The minimum absolute atomic E-state index is 0.188. The lowest BCUT2D eigenvalue weighted by Crippen LogP contribution is -2.37. The van der Waals surface area contributed by atoms with Gasteiger partial charge in [-0.25, -0.2) is 0 Å². The van der Waals surface area contributed by atoms with Crippen molar-refractivity contribution >= 4 is 17.7 Å².